The van der Waals surface area contributed by atoms with Crippen molar-refractivity contribution >= 4 is 57.4 Å². The Labute approximate surface area is 179 Å². The number of hydrogen-bond acceptors (Lipinski definition) is 5. The summed E-state index contributed by atoms with van der Waals surface area (Å²) >= 11 is 7.86. The molecule has 0 saturated carbocycles. The van der Waals surface area contributed by atoms with Crippen molar-refractivity contribution in [2.45, 2.75) is 0 Å². The van der Waals surface area contributed by atoms with Crippen LogP contribution in [0.2, 0.25) is 5.02 Å². The molecule has 0 radical (unpaired) electrons. The van der Waals surface area contributed by atoms with E-state index in [9.17, 15) is 9.59 Å². The summed E-state index contributed by atoms with van der Waals surface area (Å²) in [6.45, 7) is 0. The fraction of sp³-hybridized carbons (Fsp3) is 0. The van der Waals surface area contributed by atoms with Crippen LogP contribution in [0.25, 0.3) is 0 Å². The molecule has 3 aromatic rings. The molecule has 28 heavy (non-hydrogen) atoms. The molecule has 0 bridgehead atoms. The smallest absolute Gasteiger partial charge is 0.338 e. The number of halogens is 2. The van der Waals surface area contributed by atoms with E-state index in [0.717, 1.165) is 3.57 Å². The molecular formula is C20H13ClIN3O3. The van der Waals surface area contributed by atoms with Gasteiger partial charge in [-0.3, -0.25) is 4.79 Å². The lowest BCUT2D eigenvalue weighted by Crippen LogP contribution is -2.11. The molecule has 0 spiro atoms. The standard InChI is InChI=1S/C20H13ClIN3O3/c21-14-7-5-13(6-8-14)19(26)24-23-15-9-11-16(12-10-15)25-28-20(27)17-3-1-2-4-18(17)22/h1-12,25H. The molecule has 0 fully saturated rings. The Bertz CT molecular complexity index is 1020. The Hall–Kier alpha value is -2.78. The van der Waals surface area contributed by atoms with Crippen LogP contribution in [0.4, 0.5) is 11.4 Å². The number of amides is 1. The minimum atomic E-state index is -0.484. The van der Waals surface area contributed by atoms with Gasteiger partial charge in [-0.05, 0) is 83.3 Å². The van der Waals surface area contributed by atoms with Gasteiger partial charge in [-0.25, -0.2) is 10.3 Å². The largest absolute Gasteiger partial charge is 0.363 e. The molecule has 140 valence electrons. The monoisotopic (exact) mass is 505 g/mol. The maximum absolute atomic E-state index is 12.1. The van der Waals surface area contributed by atoms with E-state index in [1.807, 2.05) is 12.1 Å². The highest BCUT2D eigenvalue weighted by Gasteiger charge is 2.11. The first-order valence-electron chi connectivity index (χ1n) is 8.06. The van der Waals surface area contributed by atoms with Gasteiger partial charge in [-0.1, -0.05) is 23.7 Å². The Kier molecular flexibility index (Phi) is 6.72. The fourth-order valence-electron chi connectivity index (χ4n) is 2.14. The predicted molar refractivity (Wildman–Crippen MR) is 115 cm³/mol. The second-order valence-electron chi connectivity index (χ2n) is 5.53. The Morgan fingerprint density at radius 3 is 2.29 bits per heavy atom. The summed E-state index contributed by atoms with van der Waals surface area (Å²) in [5, 5.41) is 8.13. The Morgan fingerprint density at radius 2 is 1.61 bits per heavy atom. The maximum atomic E-state index is 12.1. The van der Waals surface area contributed by atoms with Crippen molar-refractivity contribution < 1.29 is 14.4 Å². The van der Waals surface area contributed by atoms with Gasteiger partial charge in [0, 0.05) is 14.2 Å². The normalized spacial score (nSPS) is 10.6. The van der Waals surface area contributed by atoms with E-state index >= 15 is 0 Å². The lowest BCUT2D eigenvalue weighted by molar-refractivity contribution is 0.0595. The lowest BCUT2D eigenvalue weighted by atomic mass is 10.2. The van der Waals surface area contributed by atoms with E-state index in [-0.39, 0.29) is 0 Å². The third-order valence-electron chi connectivity index (χ3n) is 3.57. The summed E-state index contributed by atoms with van der Waals surface area (Å²) in [6, 6.07) is 20.1. The van der Waals surface area contributed by atoms with Crippen LogP contribution in [0, 0.1) is 3.57 Å². The molecule has 0 aliphatic rings. The van der Waals surface area contributed by atoms with Crippen molar-refractivity contribution in [2.24, 2.45) is 10.2 Å². The van der Waals surface area contributed by atoms with Crippen molar-refractivity contribution in [3.8, 4) is 0 Å². The van der Waals surface area contributed by atoms with Gasteiger partial charge in [0.25, 0.3) is 5.91 Å². The van der Waals surface area contributed by atoms with Crippen molar-refractivity contribution in [2.75, 3.05) is 5.48 Å². The topological polar surface area (TPSA) is 80.1 Å². The van der Waals surface area contributed by atoms with Gasteiger partial charge in [0.05, 0.1) is 16.9 Å². The summed E-state index contributed by atoms with van der Waals surface area (Å²) in [4.78, 5) is 29.1. The maximum Gasteiger partial charge on any atom is 0.363 e. The molecule has 0 heterocycles. The third-order valence-corrected chi connectivity index (χ3v) is 4.76. The van der Waals surface area contributed by atoms with E-state index in [0.29, 0.717) is 27.5 Å². The van der Waals surface area contributed by atoms with E-state index < -0.39 is 11.9 Å². The number of benzene rings is 3. The van der Waals surface area contributed by atoms with Crippen LogP contribution < -0.4 is 5.48 Å². The summed E-state index contributed by atoms with van der Waals surface area (Å²) in [6.07, 6.45) is 0. The van der Waals surface area contributed by atoms with Gasteiger partial charge < -0.3 is 4.84 Å². The zero-order valence-electron chi connectivity index (χ0n) is 14.3. The molecule has 1 amide bonds. The van der Waals surface area contributed by atoms with E-state index in [4.69, 9.17) is 16.4 Å². The molecule has 0 saturated heterocycles. The zero-order chi connectivity index (χ0) is 19.9. The van der Waals surface area contributed by atoms with Crippen molar-refractivity contribution in [1.29, 1.82) is 0 Å². The molecule has 0 aliphatic carbocycles. The van der Waals surface area contributed by atoms with Crippen LogP contribution in [-0.2, 0) is 4.84 Å². The number of nitrogens with zero attached hydrogens (tertiary/aromatic N) is 2. The van der Waals surface area contributed by atoms with Gasteiger partial charge in [-0.2, -0.15) is 0 Å². The third kappa shape index (κ3) is 5.37. The first-order chi connectivity index (χ1) is 13.5. The van der Waals surface area contributed by atoms with Crippen LogP contribution >= 0.6 is 34.2 Å². The highest BCUT2D eigenvalue weighted by Crippen LogP contribution is 2.19. The molecule has 8 heteroatoms. The first kappa shape index (κ1) is 20.0. The molecule has 0 atom stereocenters. The molecule has 6 nitrogen and oxygen atoms in total. The lowest BCUT2D eigenvalue weighted by Gasteiger charge is -2.07. The van der Waals surface area contributed by atoms with Crippen LogP contribution in [0.5, 0.6) is 0 Å². The van der Waals surface area contributed by atoms with Gasteiger partial charge in [0.15, 0.2) is 0 Å². The number of rotatable bonds is 5. The van der Waals surface area contributed by atoms with Crippen LogP contribution in [0.1, 0.15) is 20.7 Å². The van der Waals surface area contributed by atoms with Crippen molar-refractivity contribution in [3.05, 3.63) is 92.5 Å². The Balaban J connectivity index is 1.57. The zero-order valence-corrected chi connectivity index (χ0v) is 17.2. The van der Waals surface area contributed by atoms with Gasteiger partial charge in [0.2, 0.25) is 0 Å². The number of nitrogens with one attached hydrogen (secondary N) is 1. The molecule has 0 unspecified atom stereocenters. The predicted octanol–water partition coefficient (Wildman–Crippen LogP) is 6.05. The minimum absolute atomic E-state index is 0.397. The average Bonchev–Trinajstić information content (AvgIpc) is 2.72. The second-order valence-corrected chi connectivity index (χ2v) is 7.13. The molecule has 3 aromatic carbocycles. The first-order valence-corrected chi connectivity index (χ1v) is 9.52. The average molecular weight is 506 g/mol. The number of hydrogen-bond donors (Lipinski definition) is 1. The number of carbonyl (C=O) groups excluding carboxylic acids is 2. The molecule has 0 aliphatic heterocycles. The van der Waals surface area contributed by atoms with Crippen LogP contribution in [0.3, 0.4) is 0 Å². The highest BCUT2D eigenvalue weighted by atomic mass is 127. The fourth-order valence-corrected chi connectivity index (χ4v) is 2.87. The second kappa shape index (κ2) is 9.43. The van der Waals surface area contributed by atoms with Crippen LogP contribution in [-0.4, -0.2) is 11.9 Å². The molecular weight excluding hydrogens is 493 g/mol. The van der Waals surface area contributed by atoms with Gasteiger partial charge >= 0.3 is 5.97 Å². The van der Waals surface area contributed by atoms with Crippen LogP contribution in [0.15, 0.2) is 83.0 Å². The molecule has 0 aromatic heterocycles. The molecule has 1 N–H and O–H groups in total. The van der Waals surface area contributed by atoms with Crippen molar-refractivity contribution in [1.82, 2.24) is 0 Å². The summed E-state index contributed by atoms with van der Waals surface area (Å²) in [5.74, 6) is -0.951. The van der Waals surface area contributed by atoms with E-state index in [1.165, 1.54) is 0 Å². The minimum Gasteiger partial charge on any atom is -0.338 e. The number of carbonyl (C=O) groups is 2. The van der Waals surface area contributed by atoms with Gasteiger partial charge in [0.1, 0.15) is 0 Å². The van der Waals surface area contributed by atoms with E-state index in [1.54, 1.807) is 60.7 Å². The van der Waals surface area contributed by atoms with Gasteiger partial charge in [-0.15, -0.1) is 10.2 Å². The number of azo groups is 1. The summed E-state index contributed by atoms with van der Waals surface area (Å²) in [7, 11) is 0. The van der Waals surface area contributed by atoms with Crippen molar-refractivity contribution in [3.63, 3.8) is 0 Å². The summed E-state index contributed by atoms with van der Waals surface area (Å²) in [5.41, 5.74) is 4.50. The number of anilines is 1. The SMILES string of the molecule is O=C(N=Nc1ccc(NOC(=O)c2ccccc2I)cc1)c1ccc(Cl)cc1. The quantitative estimate of drug-likeness (QED) is 0.260. The molecule has 3 rings (SSSR count). The Morgan fingerprint density at radius 1 is 0.929 bits per heavy atom. The summed E-state index contributed by atoms with van der Waals surface area (Å²) < 4.78 is 0.799. The van der Waals surface area contributed by atoms with E-state index in [2.05, 4.69) is 38.3 Å². The highest BCUT2D eigenvalue weighted by molar-refractivity contribution is 14.1.